The van der Waals surface area contributed by atoms with Crippen LogP contribution < -0.4 is 5.32 Å². The van der Waals surface area contributed by atoms with Gasteiger partial charge >= 0.3 is 6.03 Å². The van der Waals surface area contributed by atoms with E-state index in [4.69, 9.17) is 0 Å². The molecule has 7 heteroatoms. The highest BCUT2D eigenvalue weighted by Gasteiger charge is 2.50. The molecule has 0 spiro atoms. The Labute approximate surface area is 185 Å². The summed E-state index contributed by atoms with van der Waals surface area (Å²) >= 11 is 0. The molecule has 1 aliphatic rings. The smallest absolute Gasteiger partial charge is 0.325 e. The fraction of sp³-hybridized carbons (Fsp3) is 0.240. The van der Waals surface area contributed by atoms with E-state index in [1.165, 1.54) is 17.0 Å². The predicted octanol–water partition coefficient (Wildman–Crippen LogP) is 3.97. The van der Waals surface area contributed by atoms with Crippen LogP contribution in [0.3, 0.4) is 0 Å². The van der Waals surface area contributed by atoms with Crippen molar-refractivity contribution >= 4 is 28.6 Å². The average Bonchev–Trinajstić information content (AvgIpc) is 3.01. The molecule has 0 saturated carbocycles. The van der Waals surface area contributed by atoms with Crippen LogP contribution in [0, 0.1) is 5.82 Å². The number of carbonyl (C=O) groups excluding carboxylic acids is 3. The van der Waals surface area contributed by atoms with Gasteiger partial charge in [0.1, 0.15) is 17.9 Å². The number of likely N-dealkylation sites (N-methyl/N-ethyl adjacent to an activating group) is 1. The highest BCUT2D eigenvalue weighted by molar-refractivity contribution is 6.10. The van der Waals surface area contributed by atoms with Crippen LogP contribution in [0.4, 0.5) is 9.18 Å². The number of nitrogens with one attached hydrogen (secondary N) is 1. The molecule has 164 valence electrons. The van der Waals surface area contributed by atoms with Crippen LogP contribution >= 0.6 is 0 Å². The Bertz CT molecular complexity index is 1210. The number of halogens is 1. The van der Waals surface area contributed by atoms with E-state index < -0.39 is 23.4 Å². The highest BCUT2D eigenvalue weighted by atomic mass is 19.1. The van der Waals surface area contributed by atoms with Crippen molar-refractivity contribution in [2.45, 2.75) is 25.4 Å². The molecule has 1 heterocycles. The molecule has 0 radical (unpaired) electrons. The molecule has 3 aromatic rings. The van der Waals surface area contributed by atoms with Crippen molar-refractivity contribution in [2.75, 3.05) is 13.6 Å². The molecule has 2 atom stereocenters. The van der Waals surface area contributed by atoms with Crippen molar-refractivity contribution in [3.8, 4) is 0 Å². The topological polar surface area (TPSA) is 69.7 Å². The molecule has 1 saturated heterocycles. The van der Waals surface area contributed by atoms with Crippen molar-refractivity contribution in [2.24, 2.45) is 0 Å². The van der Waals surface area contributed by atoms with E-state index in [-0.39, 0.29) is 18.4 Å². The van der Waals surface area contributed by atoms with Gasteiger partial charge in [-0.3, -0.25) is 14.5 Å². The third-order valence-electron chi connectivity index (χ3n) is 6.22. The first-order chi connectivity index (χ1) is 15.2. The molecule has 3 aromatic carbocycles. The fourth-order valence-corrected chi connectivity index (χ4v) is 4.11. The average molecular weight is 433 g/mol. The van der Waals surface area contributed by atoms with Crippen molar-refractivity contribution in [1.29, 1.82) is 0 Å². The Morgan fingerprint density at radius 3 is 2.44 bits per heavy atom. The Balaban J connectivity index is 1.56. The zero-order valence-corrected chi connectivity index (χ0v) is 18.1. The first kappa shape index (κ1) is 21.5. The second-order valence-corrected chi connectivity index (χ2v) is 8.21. The van der Waals surface area contributed by atoms with Crippen LogP contribution in [0.1, 0.15) is 31.0 Å². The van der Waals surface area contributed by atoms with Gasteiger partial charge in [-0.15, -0.1) is 0 Å². The van der Waals surface area contributed by atoms with Crippen LogP contribution in [0.2, 0.25) is 0 Å². The number of hydrogen-bond donors (Lipinski definition) is 1. The molecule has 2 unspecified atom stereocenters. The number of imide groups is 1. The second kappa shape index (κ2) is 8.07. The lowest BCUT2D eigenvalue weighted by molar-refractivity contribution is -0.139. The van der Waals surface area contributed by atoms with E-state index in [1.807, 2.05) is 42.5 Å². The largest absolute Gasteiger partial charge is 0.337 e. The van der Waals surface area contributed by atoms with Crippen molar-refractivity contribution in [3.05, 3.63) is 83.7 Å². The summed E-state index contributed by atoms with van der Waals surface area (Å²) in [5, 5.41) is 4.59. The number of urea groups is 1. The third-order valence-corrected chi connectivity index (χ3v) is 6.22. The lowest BCUT2D eigenvalue weighted by atomic mass is 9.88. The van der Waals surface area contributed by atoms with Crippen molar-refractivity contribution < 1.29 is 18.8 Å². The predicted molar refractivity (Wildman–Crippen MR) is 119 cm³/mol. The number of hydrogen-bond acceptors (Lipinski definition) is 3. The molecule has 4 amide bonds. The maximum Gasteiger partial charge on any atom is 0.325 e. The summed E-state index contributed by atoms with van der Waals surface area (Å²) in [7, 11) is 1.60. The van der Waals surface area contributed by atoms with Gasteiger partial charge in [-0.1, -0.05) is 54.6 Å². The number of carbonyl (C=O) groups is 3. The van der Waals surface area contributed by atoms with Crippen LogP contribution in [0.25, 0.3) is 10.8 Å². The first-order valence-electron chi connectivity index (χ1n) is 10.4. The number of nitrogens with zero attached hydrogens (tertiary/aromatic N) is 2. The minimum atomic E-state index is -1.28. The van der Waals surface area contributed by atoms with Crippen LogP contribution in [-0.4, -0.2) is 41.2 Å². The Hall–Kier alpha value is -3.74. The summed E-state index contributed by atoms with van der Waals surface area (Å²) in [5.74, 6) is -1.23. The maximum atomic E-state index is 13.3. The Morgan fingerprint density at radius 1 is 1.06 bits per heavy atom. The SMILES string of the molecule is CC(c1ccc(F)cc1)N(C)C(=O)CN1C(=O)NC(C)(c2cccc3ccccc23)C1=O. The number of benzene rings is 3. The monoisotopic (exact) mass is 433 g/mol. The Morgan fingerprint density at radius 2 is 1.72 bits per heavy atom. The van der Waals surface area contributed by atoms with Gasteiger partial charge in [0.25, 0.3) is 5.91 Å². The Kier molecular flexibility index (Phi) is 5.42. The quantitative estimate of drug-likeness (QED) is 0.619. The van der Waals surface area contributed by atoms with Crippen molar-refractivity contribution in [1.82, 2.24) is 15.1 Å². The third kappa shape index (κ3) is 3.60. The van der Waals surface area contributed by atoms with Gasteiger partial charge < -0.3 is 10.2 Å². The van der Waals surface area contributed by atoms with Gasteiger partial charge in [0.15, 0.2) is 0 Å². The maximum absolute atomic E-state index is 13.3. The normalized spacial score (nSPS) is 19.2. The summed E-state index contributed by atoms with van der Waals surface area (Å²) in [6.07, 6.45) is 0. The molecule has 0 aliphatic carbocycles. The molecule has 1 fully saturated rings. The molecule has 6 nitrogen and oxygen atoms in total. The summed E-state index contributed by atoms with van der Waals surface area (Å²) in [4.78, 5) is 41.4. The van der Waals surface area contributed by atoms with Gasteiger partial charge in [-0.05, 0) is 47.9 Å². The molecule has 0 aromatic heterocycles. The summed E-state index contributed by atoms with van der Waals surface area (Å²) in [5.41, 5.74) is 0.149. The zero-order valence-electron chi connectivity index (χ0n) is 18.1. The first-order valence-corrected chi connectivity index (χ1v) is 10.4. The molecular weight excluding hydrogens is 409 g/mol. The molecule has 1 N–H and O–H groups in total. The molecule has 4 rings (SSSR count). The zero-order chi connectivity index (χ0) is 23.0. The van der Waals surface area contributed by atoms with Gasteiger partial charge in [-0.25, -0.2) is 9.18 Å². The van der Waals surface area contributed by atoms with Crippen molar-refractivity contribution in [3.63, 3.8) is 0 Å². The standard InChI is InChI=1S/C25H24FN3O3/c1-16(17-11-13-19(26)14-12-17)28(3)22(30)15-29-23(31)25(2,27-24(29)32)21-10-6-8-18-7-4-5-9-20(18)21/h4-14,16H,15H2,1-3H3,(H,27,32). The number of amides is 4. The van der Waals surface area contributed by atoms with Gasteiger partial charge in [0.2, 0.25) is 5.91 Å². The van der Waals surface area contributed by atoms with Crippen LogP contribution in [0.5, 0.6) is 0 Å². The van der Waals surface area contributed by atoms with E-state index >= 15 is 0 Å². The van der Waals surface area contributed by atoms with E-state index in [2.05, 4.69) is 5.32 Å². The van der Waals surface area contributed by atoms with E-state index in [9.17, 15) is 18.8 Å². The number of fused-ring (bicyclic) bond motifs is 1. The summed E-state index contributed by atoms with van der Waals surface area (Å²) < 4.78 is 13.2. The molecule has 1 aliphatic heterocycles. The van der Waals surface area contributed by atoms with Gasteiger partial charge in [0.05, 0.1) is 6.04 Å². The summed E-state index contributed by atoms with van der Waals surface area (Å²) in [6.45, 7) is 3.08. The molecule has 32 heavy (non-hydrogen) atoms. The fourth-order valence-electron chi connectivity index (χ4n) is 4.11. The van der Waals surface area contributed by atoms with E-state index in [0.717, 1.165) is 21.2 Å². The minimum Gasteiger partial charge on any atom is -0.337 e. The number of rotatable bonds is 5. The van der Waals surface area contributed by atoms with Gasteiger partial charge in [0, 0.05) is 7.05 Å². The van der Waals surface area contributed by atoms with Crippen LogP contribution in [0.15, 0.2) is 66.7 Å². The van der Waals surface area contributed by atoms with Gasteiger partial charge in [-0.2, -0.15) is 0 Å². The molecule has 0 bridgehead atoms. The van der Waals surface area contributed by atoms with E-state index in [1.54, 1.807) is 33.0 Å². The second-order valence-electron chi connectivity index (χ2n) is 8.21. The molecular formula is C25H24FN3O3. The highest BCUT2D eigenvalue weighted by Crippen LogP contribution is 2.34. The van der Waals surface area contributed by atoms with E-state index in [0.29, 0.717) is 5.56 Å². The lowest BCUT2D eigenvalue weighted by Gasteiger charge is -2.27. The summed E-state index contributed by atoms with van der Waals surface area (Å²) in [6, 6.07) is 18.1. The van der Waals surface area contributed by atoms with Crippen LogP contribution in [-0.2, 0) is 15.1 Å². The minimum absolute atomic E-state index is 0.353. The lowest BCUT2D eigenvalue weighted by Crippen LogP contribution is -2.44.